The lowest BCUT2D eigenvalue weighted by Crippen LogP contribution is -2.47. The molecule has 0 aromatic heterocycles. The van der Waals surface area contributed by atoms with Crippen molar-refractivity contribution in [1.82, 2.24) is 0 Å². The lowest BCUT2D eigenvalue weighted by atomic mass is 10.0. The molecular formula is C5H10ClNO2S. The number of hydrogen-bond donors (Lipinski definition) is 2. The van der Waals surface area contributed by atoms with Gasteiger partial charge in [-0.3, -0.25) is 4.79 Å². The molecule has 1 rings (SSSR count). The first kappa shape index (κ1) is 10.1. The molecule has 0 aromatic carbocycles. The predicted octanol–water partition coefficient (Wildman–Crippen LogP) is 0.327. The van der Waals surface area contributed by atoms with Crippen LogP contribution in [0.1, 0.15) is 6.42 Å². The number of nitrogens with two attached hydrogens (primary N) is 1. The lowest BCUT2D eigenvalue weighted by Gasteiger charge is -2.14. The Morgan fingerprint density at radius 3 is 2.50 bits per heavy atom. The molecular weight excluding hydrogens is 174 g/mol. The Bertz CT molecular complexity index is 136. The molecule has 0 aliphatic carbocycles. The highest BCUT2D eigenvalue weighted by Crippen LogP contribution is 2.25. The molecule has 3 nitrogen and oxygen atoms in total. The number of carbonyl (C=O) groups is 1. The molecule has 3 N–H and O–H groups in total. The fourth-order valence-corrected chi connectivity index (χ4v) is 2.03. The van der Waals surface area contributed by atoms with E-state index in [0.29, 0.717) is 12.2 Å². The third-order valence-electron chi connectivity index (χ3n) is 1.48. The first-order valence-corrected chi connectivity index (χ1v) is 3.91. The topological polar surface area (TPSA) is 63.3 Å². The predicted molar refractivity (Wildman–Crippen MR) is 43.7 cm³/mol. The molecule has 0 amide bonds. The zero-order valence-electron chi connectivity index (χ0n) is 5.37. The Balaban J connectivity index is 0.000000810. The maximum atomic E-state index is 10.4. The second-order valence-electron chi connectivity index (χ2n) is 2.26. The Hall–Kier alpha value is 0.0700. The molecule has 0 bridgehead atoms. The minimum Gasteiger partial charge on any atom is -0.480 e. The minimum absolute atomic E-state index is 0. The Morgan fingerprint density at radius 1 is 1.70 bits per heavy atom. The SMILES string of the molecule is Cl.NC1(C(=O)O)CCSC1. The summed E-state index contributed by atoms with van der Waals surface area (Å²) < 4.78 is 0. The molecule has 1 saturated heterocycles. The number of rotatable bonds is 1. The van der Waals surface area contributed by atoms with Crippen LogP contribution < -0.4 is 5.73 Å². The summed E-state index contributed by atoms with van der Waals surface area (Å²) in [6, 6.07) is 0. The van der Waals surface area contributed by atoms with Crippen LogP contribution in [0.4, 0.5) is 0 Å². The van der Waals surface area contributed by atoms with Crippen molar-refractivity contribution in [2.24, 2.45) is 5.73 Å². The van der Waals surface area contributed by atoms with Gasteiger partial charge in [0.15, 0.2) is 0 Å². The van der Waals surface area contributed by atoms with Crippen molar-refractivity contribution in [2.75, 3.05) is 11.5 Å². The fourth-order valence-electron chi connectivity index (χ4n) is 0.749. The largest absolute Gasteiger partial charge is 0.480 e. The van der Waals surface area contributed by atoms with Gasteiger partial charge in [0.2, 0.25) is 0 Å². The van der Waals surface area contributed by atoms with Crippen molar-refractivity contribution in [1.29, 1.82) is 0 Å². The Labute approximate surface area is 69.8 Å². The third kappa shape index (κ3) is 1.78. The van der Waals surface area contributed by atoms with Crippen LogP contribution in [0, 0.1) is 0 Å². The second kappa shape index (κ2) is 3.46. The maximum absolute atomic E-state index is 10.4. The number of aliphatic carboxylic acids is 1. The van der Waals surface area contributed by atoms with E-state index in [1.165, 1.54) is 0 Å². The van der Waals surface area contributed by atoms with E-state index in [1.54, 1.807) is 11.8 Å². The molecule has 1 aliphatic rings. The van der Waals surface area contributed by atoms with Gasteiger partial charge >= 0.3 is 5.97 Å². The van der Waals surface area contributed by atoms with E-state index < -0.39 is 11.5 Å². The number of carboxylic acid groups (broad SMARTS) is 1. The second-order valence-corrected chi connectivity index (χ2v) is 3.37. The van der Waals surface area contributed by atoms with E-state index in [9.17, 15) is 4.79 Å². The standard InChI is InChI=1S/C5H9NO2S.ClH/c6-5(4(7)8)1-2-9-3-5;/h1-3,6H2,(H,7,8);1H. The summed E-state index contributed by atoms with van der Waals surface area (Å²) in [5, 5.41) is 8.53. The lowest BCUT2D eigenvalue weighted by molar-refractivity contribution is -0.142. The minimum atomic E-state index is -0.926. The van der Waals surface area contributed by atoms with Gasteiger partial charge in [0.1, 0.15) is 5.54 Å². The van der Waals surface area contributed by atoms with Crippen LogP contribution in [0.3, 0.4) is 0 Å². The van der Waals surface area contributed by atoms with Crippen molar-refractivity contribution < 1.29 is 9.90 Å². The van der Waals surface area contributed by atoms with Crippen molar-refractivity contribution >= 4 is 30.1 Å². The van der Waals surface area contributed by atoms with E-state index in [2.05, 4.69) is 0 Å². The van der Waals surface area contributed by atoms with E-state index in [4.69, 9.17) is 10.8 Å². The van der Waals surface area contributed by atoms with Gasteiger partial charge in [0.25, 0.3) is 0 Å². The summed E-state index contributed by atoms with van der Waals surface area (Å²) in [4.78, 5) is 10.4. The van der Waals surface area contributed by atoms with Crippen LogP contribution >= 0.6 is 24.2 Å². The first-order valence-electron chi connectivity index (χ1n) is 2.75. The highest BCUT2D eigenvalue weighted by atomic mass is 35.5. The van der Waals surface area contributed by atoms with Gasteiger partial charge in [-0.15, -0.1) is 12.4 Å². The van der Waals surface area contributed by atoms with Crippen molar-refractivity contribution in [3.8, 4) is 0 Å². The van der Waals surface area contributed by atoms with Gasteiger partial charge in [-0.1, -0.05) is 0 Å². The molecule has 1 atom stereocenters. The zero-order chi connectivity index (χ0) is 6.91. The molecule has 1 aliphatic heterocycles. The summed E-state index contributed by atoms with van der Waals surface area (Å²) in [7, 11) is 0. The monoisotopic (exact) mass is 183 g/mol. The van der Waals surface area contributed by atoms with E-state index in [-0.39, 0.29) is 12.4 Å². The van der Waals surface area contributed by atoms with Crippen molar-refractivity contribution in [2.45, 2.75) is 12.0 Å². The summed E-state index contributed by atoms with van der Waals surface area (Å²) in [6.07, 6.45) is 0.604. The van der Waals surface area contributed by atoms with Gasteiger partial charge in [0, 0.05) is 5.75 Å². The first-order chi connectivity index (χ1) is 4.15. The maximum Gasteiger partial charge on any atom is 0.324 e. The van der Waals surface area contributed by atoms with Crippen LogP contribution in [-0.2, 0) is 4.79 Å². The van der Waals surface area contributed by atoms with Crippen LogP contribution in [0.2, 0.25) is 0 Å². The summed E-state index contributed by atoms with van der Waals surface area (Å²) in [5.74, 6) is 0.568. The van der Waals surface area contributed by atoms with Crippen LogP contribution in [0.15, 0.2) is 0 Å². The van der Waals surface area contributed by atoms with Crippen LogP contribution in [0.5, 0.6) is 0 Å². The molecule has 60 valence electrons. The van der Waals surface area contributed by atoms with Gasteiger partial charge in [-0.05, 0) is 12.2 Å². The van der Waals surface area contributed by atoms with Crippen molar-refractivity contribution in [3.05, 3.63) is 0 Å². The molecule has 1 fully saturated rings. The number of carboxylic acids is 1. The van der Waals surface area contributed by atoms with E-state index in [1.807, 2.05) is 0 Å². The highest BCUT2D eigenvalue weighted by Gasteiger charge is 2.37. The summed E-state index contributed by atoms with van der Waals surface area (Å²) in [6.45, 7) is 0. The smallest absolute Gasteiger partial charge is 0.324 e. The van der Waals surface area contributed by atoms with E-state index >= 15 is 0 Å². The molecule has 1 heterocycles. The molecule has 0 radical (unpaired) electrons. The quantitative estimate of drug-likeness (QED) is 0.615. The Morgan fingerprint density at radius 2 is 2.30 bits per heavy atom. The van der Waals surface area contributed by atoms with Crippen LogP contribution in [0.25, 0.3) is 0 Å². The van der Waals surface area contributed by atoms with Gasteiger partial charge in [-0.25, -0.2) is 0 Å². The molecule has 0 spiro atoms. The molecule has 0 saturated carbocycles. The van der Waals surface area contributed by atoms with Gasteiger partial charge < -0.3 is 10.8 Å². The van der Waals surface area contributed by atoms with Gasteiger partial charge in [-0.2, -0.15) is 11.8 Å². The fraction of sp³-hybridized carbons (Fsp3) is 0.800. The number of thioether (sulfide) groups is 1. The molecule has 5 heteroatoms. The Kier molecular flexibility index (Phi) is 3.48. The highest BCUT2D eigenvalue weighted by molar-refractivity contribution is 7.99. The number of hydrogen-bond acceptors (Lipinski definition) is 3. The molecule has 1 unspecified atom stereocenters. The average molecular weight is 184 g/mol. The summed E-state index contributed by atoms with van der Waals surface area (Å²) >= 11 is 1.60. The third-order valence-corrected chi connectivity index (χ3v) is 2.69. The molecule has 10 heavy (non-hydrogen) atoms. The van der Waals surface area contributed by atoms with Gasteiger partial charge in [0.05, 0.1) is 0 Å². The van der Waals surface area contributed by atoms with E-state index in [0.717, 1.165) is 5.75 Å². The zero-order valence-corrected chi connectivity index (χ0v) is 7.00. The average Bonchev–Trinajstić information content (AvgIpc) is 2.16. The summed E-state index contributed by atoms with van der Waals surface area (Å²) in [5.41, 5.74) is 4.56. The number of halogens is 1. The van der Waals surface area contributed by atoms with Crippen molar-refractivity contribution in [3.63, 3.8) is 0 Å². The van der Waals surface area contributed by atoms with Crippen LogP contribution in [-0.4, -0.2) is 28.1 Å². The normalized spacial score (nSPS) is 31.3. The molecule has 0 aromatic rings.